The molecule has 0 fully saturated rings. The van der Waals surface area contributed by atoms with Crippen molar-refractivity contribution in [2.75, 3.05) is 0 Å². The Morgan fingerprint density at radius 3 is 2.64 bits per heavy atom. The SMILES string of the molecule is CC(C)n1ncc([N+](=O)[O-])c1C(=O)O. The lowest BCUT2D eigenvalue weighted by molar-refractivity contribution is -0.385. The molecule has 1 aromatic rings. The molecular formula is C7H9N3O4. The van der Waals surface area contributed by atoms with Gasteiger partial charge in [0.1, 0.15) is 6.20 Å². The lowest BCUT2D eigenvalue weighted by Crippen LogP contribution is -2.13. The number of rotatable bonds is 3. The lowest BCUT2D eigenvalue weighted by Gasteiger charge is -2.06. The van der Waals surface area contributed by atoms with Gasteiger partial charge in [0.2, 0.25) is 5.69 Å². The first kappa shape index (κ1) is 10.2. The van der Waals surface area contributed by atoms with Gasteiger partial charge in [-0.3, -0.25) is 10.1 Å². The van der Waals surface area contributed by atoms with E-state index in [2.05, 4.69) is 5.10 Å². The van der Waals surface area contributed by atoms with Crippen molar-refractivity contribution >= 4 is 11.7 Å². The maximum absolute atomic E-state index is 10.7. The van der Waals surface area contributed by atoms with E-state index in [1.54, 1.807) is 13.8 Å². The van der Waals surface area contributed by atoms with Gasteiger partial charge in [0.05, 0.1) is 4.92 Å². The summed E-state index contributed by atoms with van der Waals surface area (Å²) < 4.78 is 1.11. The molecule has 0 atom stereocenters. The van der Waals surface area contributed by atoms with Crippen LogP contribution in [0.5, 0.6) is 0 Å². The number of aromatic nitrogens is 2. The summed E-state index contributed by atoms with van der Waals surface area (Å²) in [6.07, 6.45) is 0.948. The molecule has 1 heterocycles. The Bertz CT molecular complexity index is 382. The van der Waals surface area contributed by atoms with Gasteiger partial charge >= 0.3 is 11.7 Å². The fourth-order valence-electron chi connectivity index (χ4n) is 1.09. The van der Waals surface area contributed by atoms with Crippen LogP contribution in [-0.2, 0) is 0 Å². The molecule has 1 rings (SSSR count). The van der Waals surface area contributed by atoms with Crippen molar-refractivity contribution in [3.05, 3.63) is 22.0 Å². The predicted octanol–water partition coefficient (Wildman–Crippen LogP) is 1.07. The summed E-state index contributed by atoms with van der Waals surface area (Å²) in [7, 11) is 0. The first-order chi connectivity index (χ1) is 6.45. The molecule has 0 aromatic carbocycles. The summed E-state index contributed by atoms with van der Waals surface area (Å²) in [6.45, 7) is 3.40. The number of aromatic carboxylic acids is 1. The van der Waals surface area contributed by atoms with Crippen LogP contribution in [0.15, 0.2) is 6.20 Å². The van der Waals surface area contributed by atoms with E-state index in [0.717, 1.165) is 10.9 Å². The Hall–Kier alpha value is -1.92. The molecule has 0 saturated heterocycles. The Kier molecular flexibility index (Phi) is 2.50. The number of nitro groups is 1. The maximum Gasteiger partial charge on any atom is 0.361 e. The fraction of sp³-hybridized carbons (Fsp3) is 0.429. The third-order valence-corrected chi connectivity index (χ3v) is 1.66. The number of carbonyl (C=O) groups is 1. The molecule has 7 nitrogen and oxygen atoms in total. The number of carboxylic acids is 1. The zero-order valence-electron chi connectivity index (χ0n) is 7.67. The monoisotopic (exact) mass is 199 g/mol. The van der Waals surface area contributed by atoms with Gasteiger partial charge in [-0.15, -0.1) is 0 Å². The smallest absolute Gasteiger partial charge is 0.361 e. The van der Waals surface area contributed by atoms with E-state index in [0.29, 0.717) is 0 Å². The van der Waals surface area contributed by atoms with Gasteiger partial charge < -0.3 is 5.11 Å². The predicted molar refractivity (Wildman–Crippen MR) is 46.2 cm³/mol. The van der Waals surface area contributed by atoms with Crippen molar-refractivity contribution in [1.29, 1.82) is 0 Å². The van der Waals surface area contributed by atoms with E-state index < -0.39 is 16.6 Å². The molecule has 7 heteroatoms. The second-order valence-electron chi connectivity index (χ2n) is 2.98. The number of nitrogens with zero attached hydrogens (tertiary/aromatic N) is 3. The molecule has 76 valence electrons. The third kappa shape index (κ3) is 1.56. The molecule has 0 aliphatic carbocycles. The van der Waals surface area contributed by atoms with Crippen LogP contribution in [0.2, 0.25) is 0 Å². The standard InChI is InChI=1S/C7H9N3O4/c1-4(2)9-6(7(11)12)5(3-8-9)10(13)14/h3-4H,1-2H3,(H,11,12). The molecule has 0 aliphatic rings. The highest BCUT2D eigenvalue weighted by Gasteiger charge is 2.27. The Balaban J connectivity index is 3.35. The van der Waals surface area contributed by atoms with Crippen molar-refractivity contribution in [3.8, 4) is 0 Å². The van der Waals surface area contributed by atoms with E-state index in [-0.39, 0.29) is 11.7 Å². The van der Waals surface area contributed by atoms with Crippen molar-refractivity contribution in [2.24, 2.45) is 0 Å². The van der Waals surface area contributed by atoms with Crippen LogP contribution in [0.25, 0.3) is 0 Å². The summed E-state index contributed by atoms with van der Waals surface area (Å²) in [4.78, 5) is 20.4. The van der Waals surface area contributed by atoms with Crippen molar-refractivity contribution in [1.82, 2.24) is 9.78 Å². The van der Waals surface area contributed by atoms with E-state index in [4.69, 9.17) is 5.11 Å². The summed E-state index contributed by atoms with van der Waals surface area (Å²) in [5.41, 5.74) is -0.865. The average molecular weight is 199 g/mol. The van der Waals surface area contributed by atoms with Gasteiger partial charge in [-0.05, 0) is 13.8 Å². The maximum atomic E-state index is 10.7. The summed E-state index contributed by atoms with van der Waals surface area (Å²) >= 11 is 0. The van der Waals surface area contributed by atoms with Gasteiger partial charge in [0.15, 0.2) is 0 Å². The average Bonchev–Trinajstić information content (AvgIpc) is 2.46. The molecule has 0 unspecified atom stereocenters. The van der Waals surface area contributed by atoms with E-state index in [1.807, 2.05) is 0 Å². The van der Waals surface area contributed by atoms with Crippen LogP contribution in [0.3, 0.4) is 0 Å². The molecule has 0 saturated carbocycles. The minimum atomic E-state index is -1.34. The van der Waals surface area contributed by atoms with Gasteiger partial charge in [0, 0.05) is 6.04 Å². The molecule has 14 heavy (non-hydrogen) atoms. The minimum Gasteiger partial charge on any atom is -0.476 e. The van der Waals surface area contributed by atoms with Gasteiger partial charge in [-0.25, -0.2) is 9.48 Å². The first-order valence-corrected chi connectivity index (χ1v) is 3.90. The molecule has 0 spiro atoms. The van der Waals surface area contributed by atoms with Crippen molar-refractivity contribution < 1.29 is 14.8 Å². The number of hydrogen-bond donors (Lipinski definition) is 1. The highest BCUT2D eigenvalue weighted by atomic mass is 16.6. The largest absolute Gasteiger partial charge is 0.476 e. The van der Waals surface area contributed by atoms with Crippen molar-refractivity contribution in [2.45, 2.75) is 19.9 Å². The second-order valence-corrected chi connectivity index (χ2v) is 2.98. The highest BCUT2D eigenvalue weighted by molar-refractivity contribution is 5.90. The summed E-state index contributed by atoms with van der Waals surface area (Å²) in [6, 6.07) is -0.227. The molecule has 1 N–H and O–H groups in total. The molecule has 0 radical (unpaired) electrons. The molecule has 0 bridgehead atoms. The topological polar surface area (TPSA) is 98.3 Å². The first-order valence-electron chi connectivity index (χ1n) is 3.90. The molecule has 0 amide bonds. The highest BCUT2D eigenvalue weighted by Crippen LogP contribution is 2.20. The van der Waals surface area contributed by atoms with Crippen LogP contribution in [0.1, 0.15) is 30.4 Å². The molecule has 0 aliphatic heterocycles. The van der Waals surface area contributed by atoms with Gasteiger partial charge in [-0.1, -0.05) is 0 Å². The molecular weight excluding hydrogens is 190 g/mol. The van der Waals surface area contributed by atoms with Crippen molar-refractivity contribution in [3.63, 3.8) is 0 Å². The van der Waals surface area contributed by atoms with Gasteiger partial charge in [0.25, 0.3) is 0 Å². The lowest BCUT2D eigenvalue weighted by atomic mass is 10.3. The van der Waals surface area contributed by atoms with E-state index >= 15 is 0 Å². The van der Waals surface area contributed by atoms with Crippen LogP contribution in [-0.4, -0.2) is 25.8 Å². The second kappa shape index (κ2) is 3.44. The quantitative estimate of drug-likeness (QED) is 0.579. The summed E-state index contributed by atoms with van der Waals surface area (Å²) in [5, 5.41) is 22.9. The van der Waals surface area contributed by atoms with Crippen LogP contribution in [0, 0.1) is 10.1 Å². The number of hydrogen-bond acceptors (Lipinski definition) is 4. The summed E-state index contributed by atoms with van der Waals surface area (Å²) in [5.74, 6) is -1.34. The zero-order chi connectivity index (χ0) is 10.9. The Morgan fingerprint density at radius 2 is 2.29 bits per heavy atom. The normalized spacial score (nSPS) is 10.5. The van der Waals surface area contributed by atoms with Crippen LogP contribution < -0.4 is 0 Å². The van der Waals surface area contributed by atoms with Gasteiger partial charge in [-0.2, -0.15) is 5.10 Å². The third-order valence-electron chi connectivity index (χ3n) is 1.66. The fourth-order valence-corrected chi connectivity index (χ4v) is 1.09. The van der Waals surface area contributed by atoms with Crippen LogP contribution >= 0.6 is 0 Å². The van der Waals surface area contributed by atoms with E-state index in [9.17, 15) is 14.9 Å². The minimum absolute atomic E-state index is 0.227. The zero-order valence-corrected chi connectivity index (χ0v) is 7.67. The number of carboxylic acid groups (broad SMARTS) is 1. The molecule has 1 aromatic heterocycles. The Morgan fingerprint density at radius 1 is 1.71 bits per heavy atom. The van der Waals surface area contributed by atoms with Crippen LogP contribution in [0.4, 0.5) is 5.69 Å². The Labute approximate surface area is 79.1 Å². The van der Waals surface area contributed by atoms with E-state index in [1.165, 1.54) is 0 Å².